The number of aromatic amines is 1. The van der Waals surface area contributed by atoms with Gasteiger partial charge >= 0.3 is 0 Å². The molecule has 0 atom stereocenters. The highest BCUT2D eigenvalue weighted by Gasteiger charge is 1.92. The first-order valence-electron chi connectivity index (χ1n) is 6.64. The molecule has 3 rings (SSSR count). The summed E-state index contributed by atoms with van der Waals surface area (Å²) in [5.74, 6) is 0. The number of hydrogen-bond acceptors (Lipinski definition) is 3. The predicted octanol–water partition coefficient (Wildman–Crippen LogP) is 5.18. The van der Waals surface area contributed by atoms with Crippen molar-refractivity contribution in [2.24, 2.45) is 15.2 Å². The van der Waals surface area contributed by atoms with E-state index >= 15 is 0 Å². The number of rotatable bonds is 4. The Morgan fingerprint density at radius 1 is 0.667 bits per heavy atom. The van der Waals surface area contributed by atoms with Gasteiger partial charge in [0.2, 0.25) is 0 Å². The number of nitrogens with one attached hydrogen (secondary N) is 1. The number of benzene rings is 2. The molecule has 0 amide bonds. The van der Waals surface area contributed by atoms with E-state index in [1.807, 2.05) is 72.9 Å². The first kappa shape index (κ1) is 13.0. The molecular formula is C17H14N4. The highest BCUT2D eigenvalue weighted by Crippen LogP contribution is 2.21. The second-order valence-electron chi connectivity index (χ2n) is 4.44. The van der Waals surface area contributed by atoms with Gasteiger partial charge in [-0.05, 0) is 48.5 Å². The van der Waals surface area contributed by atoms with Gasteiger partial charge in [0.05, 0.1) is 29.0 Å². The number of aliphatic imine (C=N–C) groups is 1. The largest absolute Gasteiger partial charge is 0.360 e. The van der Waals surface area contributed by atoms with Gasteiger partial charge in [-0.1, -0.05) is 18.2 Å². The minimum atomic E-state index is 0.803. The lowest BCUT2D eigenvalue weighted by molar-refractivity contribution is 1.23. The van der Waals surface area contributed by atoms with E-state index in [1.54, 1.807) is 6.21 Å². The van der Waals surface area contributed by atoms with Crippen molar-refractivity contribution in [3.05, 3.63) is 78.6 Å². The highest BCUT2D eigenvalue weighted by molar-refractivity contribution is 5.79. The van der Waals surface area contributed by atoms with Crippen LogP contribution in [0.4, 0.5) is 17.1 Å². The van der Waals surface area contributed by atoms with Crippen LogP contribution in [0.2, 0.25) is 0 Å². The summed E-state index contributed by atoms with van der Waals surface area (Å²) in [5.41, 5.74) is 3.50. The van der Waals surface area contributed by atoms with Crippen LogP contribution in [-0.2, 0) is 0 Å². The summed E-state index contributed by atoms with van der Waals surface area (Å²) >= 11 is 0. The lowest BCUT2D eigenvalue weighted by atomic mass is 10.3. The van der Waals surface area contributed by atoms with Crippen molar-refractivity contribution in [1.82, 2.24) is 4.98 Å². The number of nitrogens with zero attached hydrogens (tertiary/aromatic N) is 3. The van der Waals surface area contributed by atoms with Crippen LogP contribution in [0.15, 0.2) is 88.1 Å². The van der Waals surface area contributed by atoms with E-state index in [0.717, 1.165) is 22.8 Å². The molecule has 0 fully saturated rings. The summed E-state index contributed by atoms with van der Waals surface area (Å²) in [6, 6.07) is 21.2. The van der Waals surface area contributed by atoms with E-state index in [1.165, 1.54) is 0 Å². The average molecular weight is 274 g/mol. The Hall–Kier alpha value is -3.01. The van der Waals surface area contributed by atoms with Crippen LogP contribution in [0.3, 0.4) is 0 Å². The van der Waals surface area contributed by atoms with Crippen molar-refractivity contribution < 1.29 is 0 Å². The number of H-pyrrole nitrogens is 1. The molecule has 0 spiro atoms. The van der Waals surface area contributed by atoms with Crippen LogP contribution in [-0.4, -0.2) is 11.2 Å². The summed E-state index contributed by atoms with van der Waals surface area (Å²) in [6.07, 6.45) is 3.66. The maximum absolute atomic E-state index is 4.38. The molecule has 1 N–H and O–H groups in total. The summed E-state index contributed by atoms with van der Waals surface area (Å²) < 4.78 is 0. The molecule has 0 unspecified atom stereocenters. The molecule has 4 nitrogen and oxygen atoms in total. The quantitative estimate of drug-likeness (QED) is 0.503. The van der Waals surface area contributed by atoms with Gasteiger partial charge in [0.1, 0.15) is 0 Å². The summed E-state index contributed by atoms with van der Waals surface area (Å²) in [6.45, 7) is 0. The monoisotopic (exact) mass is 274 g/mol. The zero-order valence-electron chi connectivity index (χ0n) is 11.3. The standard InChI is InChI=1S/C17H14N4/c1-2-5-15(6-3-1)20-21-16-10-8-14(9-11-16)19-13-17-7-4-12-18-17/h1-13,18H. The van der Waals surface area contributed by atoms with Crippen molar-refractivity contribution in [3.63, 3.8) is 0 Å². The maximum Gasteiger partial charge on any atom is 0.0858 e. The Bertz CT molecular complexity index is 726. The van der Waals surface area contributed by atoms with Gasteiger partial charge < -0.3 is 4.98 Å². The third-order valence-corrected chi connectivity index (χ3v) is 2.86. The summed E-state index contributed by atoms with van der Waals surface area (Å²) in [4.78, 5) is 7.45. The van der Waals surface area contributed by atoms with Gasteiger partial charge in [0.15, 0.2) is 0 Å². The topological polar surface area (TPSA) is 52.9 Å². The minimum Gasteiger partial charge on any atom is -0.360 e. The third kappa shape index (κ3) is 3.73. The Labute approximate surface area is 122 Å². The Morgan fingerprint density at radius 3 is 2.00 bits per heavy atom. The molecule has 21 heavy (non-hydrogen) atoms. The van der Waals surface area contributed by atoms with Gasteiger partial charge in [0.25, 0.3) is 0 Å². The van der Waals surface area contributed by atoms with Crippen LogP contribution in [0.5, 0.6) is 0 Å². The summed E-state index contributed by atoms with van der Waals surface area (Å²) in [7, 11) is 0. The molecule has 0 saturated carbocycles. The van der Waals surface area contributed by atoms with Crippen LogP contribution in [0, 0.1) is 0 Å². The van der Waals surface area contributed by atoms with E-state index < -0.39 is 0 Å². The molecule has 102 valence electrons. The highest BCUT2D eigenvalue weighted by atomic mass is 15.1. The second-order valence-corrected chi connectivity index (χ2v) is 4.44. The van der Waals surface area contributed by atoms with Gasteiger partial charge in [-0.3, -0.25) is 4.99 Å². The van der Waals surface area contributed by atoms with Crippen LogP contribution in [0.25, 0.3) is 0 Å². The van der Waals surface area contributed by atoms with E-state index in [-0.39, 0.29) is 0 Å². The fourth-order valence-corrected chi connectivity index (χ4v) is 1.78. The van der Waals surface area contributed by atoms with E-state index in [2.05, 4.69) is 20.2 Å². The van der Waals surface area contributed by atoms with Crippen LogP contribution >= 0.6 is 0 Å². The molecule has 4 heteroatoms. The molecule has 0 radical (unpaired) electrons. The van der Waals surface area contributed by atoms with Gasteiger partial charge in [-0.2, -0.15) is 10.2 Å². The first-order valence-corrected chi connectivity index (χ1v) is 6.64. The average Bonchev–Trinajstić information content (AvgIpc) is 3.06. The zero-order valence-corrected chi connectivity index (χ0v) is 11.3. The third-order valence-electron chi connectivity index (χ3n) is 2.86. The SMILES string of the molecule is C(=Nc1ccc(N=Nc2ccccc2)cc1)c1ccc[nH]1. The lowest BCUT2D eigenvalue weighted by Crippen LogP contribution is -1.77. The van der Waals surface area contributed by atoms with Crippen molar-refractivity contribution >= 4 is 23.3 Å². The first-order chi connectivity index (χ1) is 10.4. The molecule has 0 aliphatic carbocycles. The molecule has 3 aromatic rings. The Balaban J connectivity index is 1.68. The zero-order chi connectivity index (χ0) is 14.3. The molecule has 0 aliphatic rings. The normalized spacial score (nSPS) is 11.4. The van der Waals surface area contributed by atoms with Gasteiger partial charge in [-0.15, -0.1) is 0 Å². The van der Waals surface area contributed by atoms with E-state index in [0.29, 0.717) is 0 Å². The Kier molecular flexibility index (Phi) is 3.98. The minimum absolute atomic E-state index is 0.803. The number of aromatic nitrogens is 1. The van der Waals surface area contributed by atoms with Crippen molar-refractivity contribution in [3.8, 4) is 0 Å². The van der Waals surface area contributed by atoms with E-state index in [4.69, 9.17) is 0 Å². The molecule has 1 heterocycles. The molecule has 0 aliphatic heterocycles. The van der Waals surface area contributed by atoms with Crippen LogP contribution < -0.4 is 0 Å². The fourth-order valence-electron chi connectivity index (χ4n) is 1.78. The molecule has 2 aromatic carbocycles. The number of azo groups is 1. The lowest BCUT2D eigenvalue weighted by Gasteiger charge is -1.95. The number of hydrogen-bond donors (Lipinski definition) is 1. The van der Waals surface area contributed by atoms with Gasteiger partial charge in [0, 0.05) is 6.20 Å². The predicted molar refractivity (Wildman–Crippen MR) is 85.1 cm³/mol. The van der Waals surface area contributed by atoms with Gasteiger partial charge in [-0.25, -0.2) is 0 Å². The van der Waals surface area contributed by atoms with Crippen molar-refractivity contribution in [1.29, 1.82) is 0 Å². The molecular weight excluding hydrogens is 260 g/mol. The Morgan fingerprint density at radius 2 is 1.33 bits per heavy atom. The maximum atomic E-state index is 4.38. The van der Waals surface area contributed by atoms with Crippen LogP contribution in [0.1, 0.15) is 5.69 Å². The smallest absolute Gasteiger partial charge is 0.0858 e. The molecule has 0 bridgehead atoms. The van der Waals surface area contributed by atoms with Crippen molar-refractivity contribution in [2.45, 2.75) is 0 Å². The van der Waals surface area contributed by atoms with Crippen molar-refractivity contribution in [2.75, 3.05) is 0 Å². The molecule has 1 aromatic heterocycles. The second kappa shape index (κ2) is 6.43. The fraction of sp³-hybridized carbons (Fsp3) is 0. The summed E-state index contributed by atoms with van der Waals surface area (Å²) in [5, 5.41) is 8.37. The van der Waals surface area contributed by atoms with E-state index in [9.17, 15) is 0 Å². The molecule has 0 saturated heterocycles.